The summed E-state index contributed by atoms with van der Waals surface area (Å²) in [7, 11) is 0. The fourth-order valence-corrected chi connectivity index (χ4v) is 2.76. The molecular weight excluding hydrogens is 334 g/mol. The maximum Gasteiger partial charge on any atom is 0.119 e. The summed E-state index contributed by atoms with van der Waals surface area (Å²) in [5, 5.41) is 0. The van der Waals surface area contributed by atoms with Gasteiger partial charge < -0.3 is 9.47 Å². The second-order valence-electron chi connectivity index (χ2n) is 7.37. The summed E-state index contributed by atoms with van der Waals surface area (Å²) in [5.41, 5.74) is 3.21. The van der Waals surface area contributed by atoms with Gasteiger partial charge in [0, 0.05) is 18.4 Å². The Bertz CT molecular complexity index is 622. The smallest absolute Gasteiger partial charge is 0.119 e. The molecule has 1 heterocycles. The highest BCUT2D eigenvalue weighted by atomic mass is 16.5. The molecule has 0 saturated heterocycles. The van der Waals surface area contributed by atoms with Gasteiger partial charge in [0.1, 0.15) is 5.75 Å². The molecule has 0 radical (unpaired) electrons. The molecule has 1 aromatic carbocycles. The van der Waals surface area contributed by atoms with E-state index in [2.05, 4.69) is 50.0 Å². The molecule has 0 N–H and O–H groups in total. The predicted molar refractivity (Wildman–Crippen MR) is 113 cm³/mol. The molecule has 3 nitrogen and oxygen atoms in total. The number of hydrogen-bond donors (Lipinski definition) is 0. The number of aromatic nitrogens is 1. The number of rotatable bonds is 13. The Kier molecular flexibility index (Phi) is 9.93. The molecule has 0 aliphatic carbocycles. The Morgan fingerprint density at radius 2 is 1.70 bits per heavy atom. The SMILES string of the molecule is CCCCCCCOCc1ccc(-c2ccc(OCC(C)CC)cc2)nc1. The Balaban J connectivity index is 1.75. The van der Waals surface area contributed by atoms with Gasteiger partial charge in [-0.15, -0.1) is 0 Å². The van der Waals surface area contributed by atoms with Crippen molar-refractivity contribution < 1.29 is 9.47 Å². The van der Waals surface area contributed by atoms with Gasteiger partial charge in [0.15, 0.2) is 0 Å². The van der Waals surface area contributed by atoms with Crippen molar-refractivity contribution in [1.29, 1.82) is 0 Å². The van der Waals surface area contributed by atoms with Crippen molar-refractivity contribution >= 4 is 0 Å². The molecule has 1 atom stereocenters. The van der Waals surface area contributed by atoms with Gasteiger partial charge in [0.25, 0.3) is 0 Å². The highest BCUT2D eigenvalue weighted by molar-refractivity contribution is 5.60. The second kappa shape index (κ2) is 12.5. The van der Waals surface area contributed by atoms with Gasteiger partial charge in [0.2, 0.25) is 0 Å². The average molecular weight is 370 g/mol. The fraction of sp³-hybridized carbons (Fsp3) is 0.542. The summed E-state index contributed by atoms with van der Waals surface area (Å²) in [6.45, 7) is 8.87. The minimum Gasteiger partial charge on any atom is -0.493 e. The lowest BCUT2D eigenvalue weighted by Gasteiger charge is -2.11. The van der Waals surface area contributed by atoms with E-state index in [1.807, 2.05) is 18.3 Å². The van der Waals surface area contributed by atoms with Crippen LogP contribution < -0.4 is 4.74 Å². The lowest BCUT2D eigenvalue weighted by molar-refractivity contribution is 0.116. The first kappa shape index (κ1) is 21.4. The second-order valence-corrected chi connectivity index (χ2v) is 7.37. The summed E-state index contributed by atoms with van der Waals surface area (Å²) < 4.78 is 11.6. The summed E-state index contributed by atoms with van der Waals surface area (Å²) in [6.07, 6.45) is 9.40. The topological polar surface area (TPSA) is 31.4 Å². The van der Waals surface area contributed by atoms with E-state index in [0.717, 1.165) is 48.6 Å². The van der Waals surface area contributed by atoms with Crippen molar-refractivity contribution in [3.63, 3.8) is 0 Å². The standard InChI is InChI=1S/C24H35NO2/c1-4-6-7-8-9-16-26-19-21-10-15-24(25-17-21)22-11-13-23(14-12-22)27-18-20(3)5-2/h10-15,17,20H,4-9,16,18-19H2,1-3H3. The first-order valence-electron chi connectivity index (χ1n) is 10.5. The molecular formula is C24H35NO2. The van der Waals surface area contributed by atoms with Gasteiger partial charge in [-0.3, -0.25) is 4.98 Å². The number of benzene rings is 1. The zero-order valence-corrected chi connectivity index (χ0v) is 17.2. The van der Waals surface area contributed by atoms with Crippen LogP contribution >= 0.6 is 0 Å². The van der Waals surface area contributed by atoms with E-state index in [9.17, 15) is 0 Å². The summed E-state index contributed by atoms with van der Waals surface area (Å²) in [4.78, 5) is 4.58. The first-order valence-corrected chi connectivity index (χ1v) is 10.5. The number of ether oxygens (including phenoxy) is 2. The number of hydrogen-bond acceptors (Lipinski definition) is 3. The predicted octanol–water partition coefficient (Wildman–Crippen LogP) is 6.66. The molecule has 3 heteroatoms. The van der Waals surface area contributed by atoms with Crippen molar-refractivity contribution in [2.24, 2.45) is 5.92 Å². The normalized spacial score (nSPS) is 12.1. The van der Waals surface area contributed by atoms with Gasteiger partial charge >= 0.3 is 0 Å². The largest absolute Gasteiger partial charge is 0.493 e. The summed E-state index contributed by atoms with van der Waals surface area (Å²) in [6, 6.07) is 12.4. The molecule has 0 amide bonds. The molecule has 0 aliphatic rings. The minimum atomic E-state index is 0.581. The Labute approximate surface area is 165 Å². The van der Waals surface area contributed by atoms with Crippen LogP contribution in [0.15, 0.2) is 42.6 Å². The number of pyridine rings is 1. The van der Waals surface area contributed by atoms with Crippen LogP contribution in [0, 0.1) is 5.92 Å². The van der Waals surface area contributed by atoms with E-state index in [4.69, 9.17) is 9.47 Å². The third-order valence-corrected chi connectivity index (χ3v) is 4.87. The van der Waals surface area contributed by atoms with Gasteiger partial charge in [-0.05, 0) is 48.2 Å². The van der Waals surface area contributed by atoms with Crippen LogP contribution in [0.25, 0.3) is 11.3 Å². The van der Waals surface area contributed by atoms with E-state index in [1.165, 1.54) is 25.7 Å². The van der Waals surface area contributed by atoms with Crippen LogP contribution in [-0.4, -0.2) is 18.2 Å². The van der Waals surface area contributed by atoms with E-state index < -0.39 is 0 Å². The van der Waals surface area contributed by atoms with Crippen LogP contribution in [-0.2, 0) is 11.3 Å². The number of unbranched alkanes of at least 4 members (excludes halogenated alkanes) is 4. The molecule has 0 spiro atoms. The van der Waals surface area contributed by atoms with Gasteiger partial charge in [0.05, 0.1) is 18.9 Å². The van der Waals surface area contributed by atoms with Crippen molar-refractivity contribution in [2.45, 2.75) is 65.9 Å². The third kappa shape index (κ3) is 8.13. The van der Waals surface area contributed by atoms with Crippen LogP contribution in [0.1, 0.15) is 64.9 Å². The molecule has 27 heavy (non-hydrogen) atoms. The molecule has 0 aliphatic heterocycles. The molecule has 2 aromatic rings. The van der Waals surface area contributed by atoms with E-state index in [-0.39, 0.29) is 0 Å². The van der Waals surface area contributed by atoms with E-state index >= 15 is 0 Å². The van der Waals surface area contributed by atoms with Crippen LogP contribution in [0.3, 0.4) is 0 Å². The summed E-state index contributed by atoms with van der Waals surface area (Å²) in [5.74, 6) is 1.50. The zero-order valence-electron chi connectivity index (χ0n) is 17.2. The molecule has 0 fully saturated rings. The van der Waals surface area contributed by atoms with Gasteiger partial charge in [-0.25, -0.2) is 0 Å². The molecule has 1 unspecified atom stereocenters. The monoisotopic (exact) mass is 369 g/mol. The maximum absolute atomic E-state index is 5.82. The van der Waals surface area contributed by atoms with Crippen LogP contribution in [0.5, 0.6) is 5.75 Å². The highest BCUT2D eigenvalue weighted by Gasteiger charge is 2.03. The number of nitrogens with zero attached hydrogens (tertiary/aromatic N) is 1. The fourth-order valence-electron chi connectivity index (χ4n) is 2.76. The summed E-state index contributed by atoms with van der Waals surface area (Å²) >= 11 is 0. The van der Waals surface area contributed by atoms with E-state index in [0.29, 0.717) is 12.5 Å². The van der Waals surface area contributed by atoms with Crippen molar-refractivity contribution in [2.75, 3.05) is 13.2 Å². The highest BCUT2D eigenvalue weighted by Crippen LogP contribution is 2.21. The van der Waals surface area contributed by atoms with Crippen LogP contribution in [0.2, 0.25) is 0 Å². The molecule has 0 bridgehead atoms. The lowest BCUT2D eigenvalue weighted by Crippen LogP contribution is -2.06. The van der Waals surface area contributed by atoms with E-state index in [1.54, 1.807) is 0 Å². The van der Waals surface area contributed by atoms with Crippen LogP contribution in [0.4, 0.5) is 0 Å². The average Bonchev–Trinajstić information content (AvgIpc) is 2.72. The molecule has 0 saturated carbocycles. The van der Waals surface area contributed by atoms with Crippen molar-refractivity contribution in [3.05, 3.63) is 48.2 Å². The lowest BCUT2D eigenvalue weighted by atomic mass is 10.1. The molecule has 148 valence electrons. The van der Waals surface area contributed by atoms with Gasteiger partial charge in [-0.2, -0.15) is 0 Å². The Hall–Kier alpha value is -1.87. The zero-order chi connectivity index (χ0) is 19.3. The Morgan fingerprint density at radius 1 is 0.926 bits per heavy atom. The molecule has 1 aromatic heterocycles. The van der Waals surface area contributed by atoms with Crippen molar-refractivity contribution in [3.8, 4) is 17.0 Å². The molecule has 2 rings (SSSR count). The Morgan fingerprint density at radius 3 is 2.37 bits per heavy atom. The quantitative estimate of drug-likeness (QED) is 0.370. The third-order valence-electron chi connectivity index (χ3n) is 4.87. The van der Waals surface area contributed by atoms with Crippen molar-refractivity contribution in [1.82, 2.24) is 4.98 Å². The maximum atomic E-state index is 5.82. The minimum absolute atomic E-state index is 0.581. The van der Waals surface area contributed by atoms with Gasteiger partial charge in [-0.1, -0.05) is 58.9 Å². The first-order chi connectivity index (χ1) is 13.2.